The van der Waals surface area contributed by atoms with E-state index in [0.29, 0.717) is 19.8 Å². The van der Waals surface area contributed by atoms with Crippen LogP contribution < -0.4 is 0 Å². The molecular formula is C9H20O3Si. The van der Waals surface area contributed by atoms with Crippen LogP contribution >= 0.6 is 0 Å². The minimum Gasteiger partial charge on any atom is -0.371 e. The molecule has 0 saturated heterocycles. The van der Waals surface area contributed by atoms with Gasteiger partial charge in [0.2, 0.25) is 0 Å². The lowest BCUT2D eigenvalue weighted by Gasteiger charge is -2.28. The van der Waals surface area contributed by atoms with Crippen molar-refractivity contribution in [3.05, 3.63) is 11.8 Å². The minimum absolute atomic E-state index is 0.596. The van der Waals surface area contributed by atoms with Crippen molar-refractivity contribution in [2.75, 3.05) is 19.8 Å². The van der Waals surface area contributed by atoms with E-state index < -0.39 is 8.80 Å². The molecule has 0 aliphatic heterocycles. The van der Waals surface area contributed by atoms with Crippen LogP contribution in [0.15, 0.2) is 11.8 Å². The second-order valence-electron chi connectivity index (χ2n) is 2.64. The van der Waals surface area contributed by atoms with E-state index in [-0.39, 0.29) is 0 Å². The highest BCUT2D eigenvalue weighted by Crippen LogP contribution is 2.17. The predicted molar refractivity (Wildman–Crippen MR) is 55.4 cm³/mol. The quantitative estimate of drug-likeness (QED) is 0.595. The molecule has 13 heavy (non-hydrogen) atoms. The van der Waals surface area contributed by atoms with Gasteiger partial charge in [-0.2, -0.15) is 0 Å². The van der Waals surface area contributed by atoms with Crippen molar-refractivity contribution in [1.29, 1.82) is 0 Å². The molecule has 0 aromatic rings. The maximum Gasteiger partial charge on any atom is 0.532 e. The normalized spacial score (nSPS) is 11.7. The molecule has 3 nitrogen and oxygen atoms in total. The van der Waals surface area contributed by atoms with Gasteiger partial charge >= 0.3 is 8.80 Å². The van der Waals surface area contributed by atoms with Crippen LogP contribution in [0.5, 0.6) is 0 Å². The largest absolute Gasteiger partial charge is 0.532 e. The Morgan fingerprint density at radius 3 is 1.46 bits per heavy atom. The lowest BCUT2D eigenvalue weighted by Crippen LogP contribution is -2.47. The van der Waals surface area contributed by atoms with Gasteiger partial charge in [0.1, 0.15) is 0 Å². The summed E-state index contributed by atoms with van der Waals surface area (Å²) in [5, 5.41) is 0.873. The SMILES string of the molecule is C=C(C)[Si](OCC)(OCC)OCC. The van der Waals surface area contributed by atoms with E-state index in [9.17, 15) is 0 Å². The Morgan fingerprint density at radius 2 is 1.31 bits per heavy atom. The summed E-state index contributed by atoms with van der Waals surface area (Å²) >= 11 is 0. The van der Waals surface area contributed by atoms with E-state index in [4.69, 9.17) is 13.3 Å². The summed E-state index contributed by atoms with van der Waals surface area (Å²) in [6.45, 7) is 13.4. The Morgan fingerprint density at radius 1 is 1.00 bits per heavy atom. The Bertz CT molecular complexity index is 142. The van der Waals surface area contributed by atoms with Crippen LogP contribution in [-0.2, 0) is 13.3 Å². The molecule has 0 radical (unpaired) electrons. The highest BCUT2D eigenvalue weighted by atomic mass is 28.4. The molecule has 0 amide bonds. The molecule has 0 saturated carbocycles. The lowest BCUT2D eigenvalue weighted by molar-refractivity contribution is 0.0809. The molecule has 0 rings (SSSR count). The summed E-state index contributed by atoms with van der Waals surface area (Å²) in [4.78, 5) is 0. The van der Waals surface area contributed by atoms with Crippen molar-refractivity contribution < 1.29 is 13.3 Å². The Hall–Kier alpha value is -0.163. The summed E-state index contributed by atoms with van der Waals surface area (Å²) < 4.78 is 16.7. The standard InChI is InChI=1S/C9H20O3Si/c1-6-10-13(9(4)5,11-7-2)12-8-3/h4,6-8H2,1-3,5H3. The fraction of sp³-hybridized carbons (Fsp3) is 0.778. The zero-order valence-electron chi connectivity index (χ0n) is 9.05. The third-order valence-corrected chi connectivity index (χ3v) is 4.58. The van der Waals surface area contributed by atoms with Gasteiger partial charge in [-0.3, -0.25) is 0 Å². The van der Waals surface area contributed by atoms with Gasteiger partial charge in [-0.25, -0.2) is 0 Å². The predicted octanol–water partition coefficient (Wildman–Crippen LogP) is 2.15. The number of hydrogen-bond acceptors (Lipinski definition) is 3. The highest BCUT2D eigenvalue weighted by molar-refractivity contribution is 6.68. The smallest absolute Gasteiger partial charge is 0.371 e. The van der Waals surface area contributed by atoms with Crippen molar-refractivity contribution in [2.24, 2.45) is 0 Å². The monoisotopic (exact) mass is 204 g/mol. The second kappa shape index (κ2) is 6.31. The van der Waals surface area contributed by atoms with E-state index >= 15 is 0 Å². The highest BCUT2D eigenvalue weighted by Gasteiger charge is 2.41. The molecule has 0 atom stereocenters. The van der Waals surface area contributed by atoms with E-state index in [1.54, 1.807) is 0 Å². The molecule has 4 heteroatoms. The van der Waals surface area contributed by atoms with Gasteiger partial charge in [-0.1, -0.05) is 6.58 Å². The molecule has 0 fully saturated rings. The molecule has 0 unspecified atom stereocenters. The van der Waals surface area contributed by atoms with E-state index in [2.05, 4.69) is 6.58 Å². The maximum atomic E-state index is 5.57. The first-order valence-corrected chi connectivity index (χ1v) is 6.43. The maximum absolute atomic E-state index is 5.57. The van der Waals surface area contributed by atoms with Gasteiger partial charge in [0.25, 0.3) is 0 Å². The third kappa shape index (κ3) is 3.60. The van der Waals surface area contributed by atoms with Gasteiger partial charge in [0.05, 0.1) is 0 Å². The Labute approximate surface area is 82.1 Å². The van der Waals surface area contributed by atoms with E-state index in [1.807, 2.05) is 27.7 Å². The first-order chi connectivity index (χ1) is 6.13. The molecule has 0 aromatic carbocycles. The Kier molecular flexibility index (Phi) is 6.24. The zero-order valence-corrected chi connectivity index (χ0v) is 10.1. The molecular weight excluding hydrogens is 184 g/mol. The fourth-order valence-corrected chi connectivity index (χ4v) is 3.19. The van der Waals surface area contributed by atoms with Crippen LogP contribution in [0.4, 0.5) is 0 Å². The molecule has 0 aromatic heterocycles. The Balaban J connectivity index is 4.48. The molecule has 0 bridgehead atoms. The van der Waals surface area contributed by atoms with Crippen LogP contribution in [0, 0.1) is 0 Å². The van der Waals surface area contributed by atoms with E-state index in [0.717, 1.165) is 5.20 Å². The molecule has 78 valence electrons. The van der Waals surface area contributed by atoms with E-state index in [1.165, 1.54) is 0 Å². The molecule has 0 aliphatic rings. The topological polar surface area (TPSA) is 27.7 Å². The van der Waals surface area contributed by atoms with Gasteiger partial charge < -0.3 is 13.3 Å². The number of rotatable bonds is 7. The summed E-state index contributed by atoms with van der Waals surface area (Å²) in [7, 11) is -2.57. The first kappa shape index (κ1) is 12.8. The number of hydrogen-bond donors (Lipinski definition) is 0. The average molecular weight is 204 g/mol. The fourth-order valence-electron chi connectivity index (χ4n) is 1.06. The minimum atomic E-state index is -2.57. The van der Waals surface area contributed by atoms with Crippen molar-refractivity contribution in [1.82, 2.24) is 0 Å². The van der Waals surface area contributed by atoms with Crippen LogP contribution in [0.2, 0.25) is 0 Å². The zero-order chi connectivity index (χ0) is 10.3. The molecule has 0 N–H and O–H groups in total. The van der Waals surface area contributed by atoms with Crippen LogP contribution in [0.25, 0.3) is 0 Å². The number of allylic oxidation sites excluding steroid dienone is 1. The van der Waals surface area contributed by atoms with Gasteiger partial charge in [0, 0.05) is 19.8 Å². The lowest BCUT2D eigenvalue weighted by atomic mass is 10.8. The summed E-state index contributed by atoms with van der Waals surface area (Å²) in [6, 6.07) is 0. The van der Waals surface area contributed by atoms with Crippen molar-refractivity contribution in [3.63, 3.8) is 0 Å². The van der Waals surface area contributed by atoms with Crippen LogP contribution in [0.1, 0.15) is 27.7 Å². The van der Waals surface area contributed by atoms with Gasteiger partial charge in [-0.15, -0.1) is 0 Å². The summed E-state index contributed by atoms with van der Waals surface area (Å²) in [5.74, 6) is 0. The molecule has 0 spiro atoms. The average Bonchev–Trinajstić information content (AvgIpc) is 2.05. The van der Waals surface area contributed by atoms with Crippen LogP contribution in [0.3, 0.4) is 0 Å². The second-order valence-corrected chi connectivity index (χ2v) is 5.47. The van der Waals surface area contributed by atoms with Crippen molar-refractivity contribution >= 4 is 8.80 Å². The van der Waals surface area contributed by atoms with Crippen molar-refractivity contribution in [2.45, 2.75) is 27.7 Å². The van der Waals surface area contributed by atoms with Gasteiger partial charge in [0.15, 0.2) is 0 Å². The molecule has 0 heterocycles. The first-order valence-electron chi connectivity index (χ1n) is 4.70. The molecule has 0 aliphatic carbocycles. The summed E-state index contributed by atoms with van der Waals surface area (Å²) in [6.07, 6.45) is 0. The van der Waals surface area contributed by atoms with Crippen LogP contribution in [-0.4, -0.2) is 28.6 Å². The third-order valence-electron chi connectivity index (χ3n) is 1.53. The van der Waals surface area contributed by atoms with Gasteiger partial charge in [-0.05, 0) is 32.9 Å². The van der Waals surface area contributed by atoms with Crippen molar-refractivity contribution in [3.8, 4) is 0 Å². The summed E-state index contributed by atoms with van der Waals surface area (Å²) in [5.41, 5.74) is 0.